The van der Waals surface area contributed by atoms with Crippen LogP contribution in [0.1, 0.15) is 12.0 Å². The van der Waals surface area contributed by atoms with Crippen LogP contribution >= 0.6 is 0 Å². The van der Waals surface area contributed by atoms with Gasteiger partial charge in [0, 0.05) is 5.56 Å². The summed E-state index contributed by atoms with van der Waals surface area (Å²) in [6.45, 7) is 0. The second-order valence-corrected chi connectivity index (χ2v) is 3.45. The fraction of sp³-hybridized carbons (Fsp3) is 0.417. The highest BCUT2D eigenvalue weighted by molar-refractivity contribution is 5.54. The molecule has 0 spiro atoms. The third-order valence-electron chi connectivity index (χ3n) is 2.39. The summed E-state index contributed by atoms with van der Waals surface area (Å²) < 4.78 is 42.3. The first-order valence-electron chi connectivity index (χ1n) is 5.05. The van der Waals surface area contributed by atoms with E-state index in [0.29, 0.717) is 0 Å². The Kier molecular flexibility index (Phi) is 4.32. The average Bonchev–Trinajstić information content (AvgIpc) is 2.36. The van der Waals surface area contributed by atoms with Crippen LogP contribution in [0.5, 0.6) is 17.2 Å². The maximum absolute atomic E-state index is 13.7. The van der Waals surface area contributed by atoms with E-state index < -0.39 is 12.3 Å². The van der Waals surface area contributed by atoms with Gasteiger partial charge in [-0.2, -0.15) is 5.26 Å². The van der Waals surface area contributed by atoms with Crippen molar-refractivity contribution in [1.82, 2.24) is 0 Å². The van der Waals surface area contributed by atoms with Crippen molar-refractivity contribution in [2.45, 2.75) is 12.3 Å². The first kappa shape index (κ1) is 14.0. The Morgan fingerprint density at radius 3 is 1.94 bits per heavy atom. The van der Waals surface area contributed by atoms with Crippen LogP contribution in [-0.4, -0.2) is 21.3 Å². The first-order chi connectivity index (χ1) is 8.50. The van der Waals surface area contributed by atoms with Crippen molar-refractivity contribution < 1.29 is 23.0 Å². The van der Waals surface area contributed by atoms with Crippen LogP contribution in [0.2, 0.25) is 0 Å². The van der Waals surface area contributed by atoms with Crippen molar-refractivity contribution in [1.29, 1.82) is 5.26 Å². The molecule has 0 aliphatic heterocycles. The molecular formula is C12H13F2NO3. The number of hydrogen-bond acceptors (Lipinski definition) is 4. The predicted molar refractivity (Wildman–Crippen MR) is 60.2 cm³/mol. The summed E-state index contributed by atoms with van der Waals surface area (Å²) in [5.74, 6) is -2.77. The zero-order chi connectivity index (χ0) is 13.8. The van der Waals surface area contributed by atoms with Crippen LogP contribution in [0, 0.1) is 11.3 Å². The van der Waals surface area contributed by atoms with E-state index in [0.717, 1.165) is 12.1 Å². The third-order valence-corrected chi connectivity index (χ3v) is 2.39. The molecule has 0 N–H and O–H groups in total. The smallest absolute Gasteiger partial charge is 0.286 e. The van der Waals surface area contributed by atoms with Crippen LogP contribution < -0.4 is 14.2 Å². The van der Waals surface area contributed by atoms with Crippen LogP contribution in [-0.2, 0) is 5.92 Å². The summed E-state index contributed by atoms with van der Waals surface area (Å²) in [6.07, 6.45) is -0.911. The lowest BCUT2D eigenvalue weighted by atomic mass is 10.0. The molecule has 4 nitrogen and oxygen atoms in total. The number of halogens is 2. The Morgan fingerprint density at radius 2 is 1.61 bits per heavy atom. The maximum atomic E-state index is 13.7. The SMILES string of the molecule is COc1cc(C(F)(F)CC#N)cc(OC)c1OC. The molecule has 6 heteroatoms. The van der Waals surface area contributed by atoms with Gasteiger partial charge in [-0.3, -0.25) is 0 Å². The third kappa shape index (κ3) is 2.62. The van der Waals surface area contributed by atoms with E-state index in [4.69, 9.17) is 19.5 Å². The van der Waals surface area contributed by atoms with Gasteiger partial charge < -0.3 is 14.2 Å². The fourth-order valence-corrected chi connectivity index (χ4v) is 1.49. The number of hydrogen-bond donors (Lipinski definition) is 0. The van der Waals surface area contributed by atoms with Crippen molar-refractivity contribution in [3.63, 3.8) is 0 Å². The molecule has 0 aliphatic carbocycles. The molecule has 0 unspecified atom stereocenters. The molecule has 0 aromatic heterocycles. The molecule has 98 valence electrons. The minimum Gasteiger partial charge on any atom is -0.493 e. The summed E-state index contributed by atoms with van der Waals surface area (Å²) in [5.41, 5.74) is -0.349. The molecule has 0 bridgehead atoms. The minimum atomic E-state index is -3.26. The van der Waals surface area contributed by atoms with Gasteiger partial charge in [0.1, 0.15) is 6.42 Å². The molecule has 0 saturated heterocycles. The van der Waals surface area contributed by atoms with Crippen LogP contribution in [0.15, 0.2) is 12.1 Å². The predicted octanol–water partition coefficient (Wildman–Crippen LogP) is 2.72. The lowest BCUT2D eigenvalue weighted by Crippen LogP contribution is -2.13. The molecule has 0 radical (unpaired) electrons. The molecule has 0 heterocycles. The summed E-state index contributed by atoms with van der Waals surface area (Å²) in [5, 5.41) is 8.40. The fourth-order valence-electron chi connectivity index (χ4n) is 1.49. The highest BCUT2D eigenvalue weighted by atomic mass is 19.3. The van der Waals surface area contributed by atoms with Gasteiger partial charge in [0.05, 0.1) is 27.4 Å². The molecule has 0 aliphatic rings. The van der Waals surface area contributed by atoms with Crippen molar-refractivity contribution >= 4 is 0 Å². The van der Waals surface area contributed by atoms with Crippen molar-refractivity contribution in [2.24, 2.45) is 0 Å². The molecular weight excluding hydrogens is 244 g/mol. The van der Waals surface area contributed by atoms with E-state index in [2.05, 4.69) is 0 Å². The molecule has 0 fully saturated rings. The molecule has 0 saturated carbocycles. The van der Waals surface area contributed by atoms with E-state index in [1.807, 2.05) is 0 Å². The Morgan fingerprint density at radius 1 is 1.11 bits per heavy atom. The van der Waals surface area contributed by atoms with Crippen molar-refractivity contribution in [3.05, 3.63) is 17.7 Å². The number of methoxy groups -OCH3 is 3. The number of nitrogens with zero attached hydrogens (tertiary/aromatic N) is 1. The van der Waals surface area contributed by atoms with E-state index in [9.17, 15) is 8.78 Å². The number of benzene rings is 1. The molecule has 1 aromatic carbocycles. The van der Waals surface area contributed by atoms with E-state index >= 15 is 0 Å². The zero-order valence-electron chi connectivity index (χ0n) is 10.3. The number of ether oxygens (including phenoxy) is 3. The van der Waals surface area contributed by atoms with Gasteiger partial charge >= 0.3 is 0 Å². The second-order valence-electron chi connectivity index (χ2n) is 3.45. The Labute approximate surface area is 104 Å². The molecule has 1 rings (SSSR count). The monoisotopic (exact) mass is 257 g/mol. The van der Waals surface area contributed by atoms with E-state index in [-0.39, 0.29) is 22.8 Å². The Bertz CT molecular complexity index is 444. The van der Waals surface area contributed by atoms with Gasteiger partial charge in [0.15, 0.2) is 11.5 Å². The van der Waals surface area contributed by atoms with Crippen molar-refractivity contribution in [3.8, 4) is 23.3 Å². The zero-order valence-corrected chi connectivity index (χ0v) is 10.3. The van der Waals surface area contributed by atoms with E-state index in [1.165, 1.54) is 27.4 Å². The van der Waals surface area contributed by atoms with Gasteiger partial charge in [-0.25, -0.2) is 8.78 Å². The first-order valence-corrected chi connectivity index (χ1v) is 5.05. The van der Waals surface area contributed by atoms with Gasteiger partial charge in [-0.15, -0.1) is 0 Å². The normalized spacial score (nSPS) is 10.7. The van der Waals surface area contributed by atoms with Crippen LogP contribution in [0.3, 0.4) is 0 Å². The van der Waals surface area contributed by atoms with Crippen LogP contribution in [0.4, 0.5) is 8.78 Å². The number of nitriles is 1. The molecule has 0 atom stereocenters. The Hall–Kier alpha value is -2.03. The molecule has 18 heavy (non-hydrogen) atoms. The van der Waals surface area contributed by atoms with Gasteiger partial charge in [-0.1, -0.05) is 0 Å². The minimum absolute atomic E-state index is 0.129. The topological polar surface area (TPSA) is 51.5 Å². The quantitative estimate of drug-likeness (QED) is 0.813. The molecule has 1 aromatic rings. The standard InChI is InChI=1S/C12H13F2NO3/c1-16-9-6-8(12(13,14)4-5-15)7-10(17-2)11(9)18-3/h6-7H,4H2,1-3H3. The molecule has 0 amide bonds. The highest BCUT2D eigenvalue weighted by Gasteiger charge is 2.33. The van der Waals surface area contributed by atoms with Gasteiger partial charge in [-0.05, 0) is 12.1 Å². The Balaban J connectivity index is 3.36. The average molecular weight is 257 g/mol. The summed E-state index contributed by atoms with van der Waals surface area (Å²) >= 11 is 0. The van der Waals surface area contributed by atoms with Gasteiger partial charge in [0.25, 0.3) is 5.92 Å². The number of alkyl halides is 2. The summed E-state index contributed by atoms with van der Waals surface area (Å²) in [6, 6.07) is 3.72. The lowest BCUT2D eigenvalue weighted by Gasteiger charge is -2.18. The number of rotatable bonds is 5. The summed E-state index contributed by atoms with van der Waals surface area (Å²) in [7, 11) is 4.06. The summed E-state index contributed by atoms with van der Waals surface area (Å²) in [4.78, 5) is 0. The highest BCUT2D eigenvalue weighted by Crippen LogP contribution is 2.43. The van der Waals surface area contributed by atoms with E-state index in [1.54, 1.807) is 0 Å². The van der Waals surface area contributed by atoms with Crippen molar-refractivity contribution in [2.75, 3.05) is 21.3 Å². The lowest BCUT2D eigenvalue weighted by molar-refractivity contribution is 0.000486. The second kappa shape index (κ2) is 5.54. The van der Waals surface area contributed by atoms with Crippen LogP contribution in [0.25, 0.3) is 0 Å². The largest absolute Gasteiger partial charge is 0.493 e. The maximum Gasteiger partial charge on any atom is 0.286 e. The van der Waals surface area contributed by atoms with Gasteiger partial charge in [0.2, 0.25) is 5.75 Å².